The lowest BCUT2D eigenvalue weighted by molar-refractivity contribution is -0.146. The lowest BCUT2D eigenvalue weighted by Gasteiger charge is -2.30. The molecule has 0 spiro atoms. The first-order valence-electron chi connectivity index (χ1n) is 7.69. The number of rotatable bonds is 7. The van der Waals surface area contributed by atoms with Gasteiger partial charge in [0.25, 0.3) is 0 Å². The van der Waals surface area contributed by atoms with Gasteiger partial charge in [-0.05, 0) is 44.9 Å². The Hall–Kier alpha value is -1.36. The topological polar surface area (TPSA) is 49.4 Å². The molecule has 0 aromatic heterocycles. The summed E-state index contributed by atoms with van der Waals surface area (Å²) in [6.45, 7) is 8.79. The number of carbonyl (C=O) groups excluding carboxylic acids is 2. The van der Waals surface area contributed by atoms with Crippen LogP contribution in [-0.4, -0.2) is 29.8 Å². The number of hydrogen-bond acceptors (Lipinski definition) is 2. The number of halogens is 1. The van der Waals surface area contributed by atoms with Crippen molar-refractivity contribution in [3.63, 3.8) is 0 Å². The van der Waals surface area contributed by atoms with Crippen molar-refractivity contribution in [1.82, 2.24) is 4.90 Å². The van der Waals surface area contributed by atoms with Gasteiger partial charge in [0.15, 0.2) is 0 Å². The van der Waals surface area contributed by atoms with Gasteiger partial charge in [0, 0.05) is 23.2 Å². The first-order chi connectivity index (χ1) is 10.3. The highest BCUT2D eigenvalue weighted by Gasteiger charge is 2.38. The van der Waals surface area contributed by atoms with E-state index in [1.807, 2.05) is 32.0 Å². The average molecular weight is 369 g/mol. The van der Waals surface area contributed by atoms with E-state index in [2.05, 4.69) is 21.2 Å². The number of hydrogen-bond donors (Lipinski definition) is 1. The second kappa shape index (κ2) is 8.32. The van der Waals surface area contributed by atoms with Gasteiger partial charge in [-0.25, -0.2) is 0 Å². The molecule has 1 N–H and O–H groups in total. The molecular formula is C17H25BrN2O2. The van der Waals surface area contributed by atoms with E-state index < -0.39 is 5.41 Å². The highest BCUT2D eigenvalue weighted by molar-refractivity contribution is 9.10. The van der Waals surface area contributed by atoms with E-state index in [4.69, 9.17) is 0 Å². The van der Waals surface area contributed by atoms with Crippen LogP contribution in [0.2, 0.25) is 0 Å². The molecule has 0 radical (unpaired) electrons. The molecule has 0 heterocycles. The van der Waals surface area contributed by atoms with Gasteiger partial charge in [0.05, 0.1) is 0 Å². The highest BCUT2D eigenvalue weighted by Crippen LogP contribution is 2.23. The van der Waals surface area contributed by atoms with Crippen molar-refractivity contribution < 1.29 is 9.59 Å². The van der Waals surface area contributed by atoms with Crippen LogP contribution in [-0.2, 0) is 9.59 Å². The minimum absolute atomic E-state index is 0.122. The number of nitrogens with one attached hydrogen (secondary N) is 1. The van der Waals surface area contributed by atoms with Gasteiger partial charge >= 0.3 is 0 Å². The molecule has 0 aliphatic rings. The maximum atomic E-state index is 12.7. The lowest BCUT2D eigenvalue weighted by atomic mass is 9.90. The van der Waals surface area contributed by atoms with Crippen molar-refractivity contribution >= 4 is 33.4 Å². The highest BCUT2D eigenvalue weighted by atomic mass is 79.9. The molecular weight excluding hydrogens is 344 g/mol. The number of benzene rings is 1. The Balaban J connectivity index is 2.86. The van der Waals surface area contributed by atoms with Gasteiger partial charge in [-0.2, -0.15) is 0 Å². The zero-order chi connectivity index (χ0) is 16.8. The first kappa shape index (κ1) is 18.7. The third kappa shape index (κ3) is 4.83. The van der Waals surface area contributed by atoms with Crippen LogP contribution in [0.25, 0.3) is 0 Å². The fraction of sp³-hybridized carbons (Fsp3) is 0.529. The summed E-state index contributed by atoms with van der Waals surface area (Å²) in [6.07, 6.45) is 1.77. The van der Waals surface area contributed by atoms with Crippen molar-refractivity contribution in [2.75, 3.05) is 18.4 Å². The molecule has 0 atom stereocenters. The molecule has 0 aliphatic carbocycles. The van der Waals surface area contributed by atoms with Crippen molar-refractivity contribution in [1.29, 1.82) is 0 Å². The van der Waals surface area contributed by atoms with Crippen LogP contribution in [0.3, 0.4) is 0 Å². The molecule has 2 amide bonds. The van der Waals surface area contributed by atoms with Crippen molar-refractivity contribution in [2.45, 2.75) is 40.5 Å². The molecule has 22 heavy (non-hydrogen) atoms. The lowest BCUT2D eigenvalue weighted by Crippen LogP contribution is -2.47. The Morgan fingerprint density at radius 3 is 2.27 bits per heavy atom. The Bertz CT molecular complexity index is 523. The smallest absolute Gasteiger partial charge is 0.239 e. The van der Waals surface area contributed by atoms with Gasteiger partial charge < -0.3 is 10.2 Å². The van der Waals surface area contributed by atoms with E-state index >= 15 is 0 Å². The maximum Gasteiger partial charge on any atom is 0.239 e. The molecule has 0 saturated carbocycles. The summed E-state index contributed by atoms with van der Waals surface area (Å²) in [6, 6.07) is 7.35. The van der Waals surface area contributed by atoms with Crippen LogP contribution in [0.5, 0.6) is 0 Å². The van der Waals surface area contributed by atoms with E-state index in [-0.39, 0.29) is 11.8 Å². The SMILES string of the molecule is CCCN(CCC)C(=O)C(C)(C)C(=O)Nc1cccc(Br)c1. The van der Waals surface area contributed by atoms with E-state index in [1.54, 1.807) is 24.8 Å². The van der Waals surface area contributed by atoms with Gasteiger partial charge in [-0.3, -0.25) is 9.59 Å². The molecule has 1 rings (SSSR count). The molecule has 1 aromatic carbocycles. The summed E-state index contributed by atoms with van der Waals surface area (Å²) < 4.78 is 0.882. The minimum Gasteiger partial charge on any atom is -0.342 e. The van der Waals surface area contributed by atoms with E-state index in [0.717, 1.165) is 17.3 Å². The Labute approximate surface area is 141 Å². The fourth-order valence-electron chi connectivity index (χ4n) is 2.20. The summed E-state index contributed by atoms with van der Waals surface area (Å²) in [5, 5.41) is 2.83. The standard InChI is InChI=1S/C17H25BrN2O2/c1-5-10-20(11-6-2)16(22)17(3,4)15(21)19-14-9-7-8-13(18)12-14/h7-9,12H,5-6,10-11H2,1-4H3,(H,19,21). The van der Waals surface area contributed by atoms with Crippen LogP contribution in [0, 0.1) is 5.41 Å². The normalized spacial score (nSPS) is 11.1. The van der Waals surface area contributed by atoms with Crippen molar-refractivity contribution in [2.24, 2.45) is 5.41 Å². The summed E-state index contributed by atoms with van der Waals surface area (Å²) >= 11 is 3.37. The van der Waals surface area contributed by atoms with Gasteiger partial charge in [-0.1, -0.05) is 35.8 Å². The Morgan fingerprint density at radius 1 is 1.18 bits per heavy atom. The number of nitrogens with zero attached hydrogens (tertiary/aromatic N) is 1. The number of carbonyl (C=O) groups is 2. The van der Waals surface area contributed by atoms with Crippen LogP contribution < -0.4 is 5.32 Å². The average Bonchev–Trinajstić information content (AvgIpc) is 2.46. The Morgan fingerprint density at radius 2 is 1.77 bits per heavy atom. The van der Waals surface area contributed by atoms with Gasteiger partial charge in [0.2, 0.25) is 11.8 Å². The molecule has 0 unspecified atom stereocenters. The minimum atomic E-state index is -1.09. The fourth-order valence-corrected chi connectivity index (χ4v) is 2.60. The van der Waals surface area contributed by atoms with Crippen LogP contribution in [0.15, 0.2) is 28.7 Å². The third-order valence-electron chi connectivity index (χ3n) is 3.46. The third-order valence-corrected chi connectivity index (χ3v) is 3.95. The number of anilines is 1. The first-order valence-corrected chi connectivity index (χ1v) is 8.48. The van der Waals surface area contributed by atoms with Gasteiger partial charge in [-0.15, -0.1) is 0 Å². The van der Waals surface area contributed by atoms with Crippen LogP contribution >= 0.6 is 15.9 Å². The predicted octanol–water partition coefficient (Wildman–Crippen LogP) is 4.06. The molecule has 0 fully saturated rings. The number of amides is 2. The maximum absolute atomic E-state index is 12.7. The summed E-state index contributed by atoms with van der Waals surface area (Å²) in [7, 11) is 0. The van der Waals surface area contributed by atoms with Crippen molar-refractivity contribution in [3.8, 4) is 0 Å². The van der Waals surface area contributed by atoms with E-state index in [1.165, 1.54) is 0 Å². The van der Waals surface area contributed by atoms with Crippen LogP contribution in [0.1, 0.15) is 40.5 Å². The summed E-state index contributed by atoms with van der Waals surface area (Å²) in [5.41, 5.74) is -0.412. The predicted molar refractivity (Wildman–Crippen MR) is 93.7 cm³/mol. The zero-order valence-electron chi connectivity index (χ0n) is 13.8. The second-order valence-corrected chi connectivity index (χ2v) is 6.80. The Kier molecular flexibility index (Phi) is 7.07. The molecule has 1 aromatic rings. The molecule has 0 bridgehead atoms. The van der Waals surface area contributed by atoms with Crippen LogP contribution in [0.4, 0.5) is 5.69 Å². The molecule has 122 valence electrons. The molecule has 0 saturated heterocycles. The molecule has 5 heteroatoms. The second-order valence-electron chi connectivity index (χ2n) is 5.88. The molecule has 0 aliphatic heterocycles. The summed E-state index contributed by atoms with van der Waals surface area (Å²) in [4.78, 5) is 27.0. The van der Waals surface area contributed by atoms with Crippen molar-refractivity contribution in [3.05, 3.63) is 28.7 Å². The van der Waals surface area contributed by atoms with E-state index in [9.17, 15) is 9.59 Å². The largest absolute Gasteiger partial charge is 0.342 e. The molecule has 4 nitrogen and oxygen atoms in total. The summed E-state index contributed by atoms with van der Waals surface area (Å²) in [5.74, 6) is -0.406. The van der Waals surface area contributed by atoms with E-state index in [0.29, 0.717) is 18.8 Å². The monoisotopic (exact) mass is 368 g/mol. The van der Waals surface area contributed by atoms with Gasteiger partial charge in [0.1, 0.15) is 5.41 Å². The quantitative estimate of drug-likeness (QED) is 0.737. The zero-order valence-corrected chi connectivity index (χ0v) is 15.4.